The molecule has 1 atom stereocenters. The second-order valence-electron chi connectivity index (χ2n) is 11.3. The summed E-state index contributed by atoms with van der Waals surface area (Å²) in [5.74, 6) is -3.35. The number of hydrogen-bond donors (Lipinski definition) is 3. The van der Waals surface area contributed by atoms with Gasteiger partial charge in [0.2, 0.25) is 0 Å². The molecule has 2 aliphatic carbocycles. The minimum absolute atomic E-state index is 0.0232. The molecule has 0 bridgehead atoms. The number of carbonyl (C=O) groups excluding carboxylic acids is 2. The molecule has 234 valence electrons. The highest BCUT2D eigenvalue weighted by Crippen LogP contribution is 2.42. The van der Waals surface area contributed by atoms with E-state index in [1.54, 1.807) is 48.5 Å². The van der Waals surface area contributed by atoms with E-state index in [-0.39, 0.29) is 40.0 Å². The zero-order valence-electron chi connectivity index (χ0n) is 23.8. The van der Waals surface area contributed by atoms with E-state index in [0.29, 0.717) is 23.6 Å². The summed E-state index contributed by atoms with van der Waals surface area (Å²) in [5.41, 5.74) is 4.37. The van der Waals surface area contributed by atoms with Gasteiger partial charge in [0.1, 0.15) is 5.82 Å². The Morgan fingerprint density at radius 3 is 2.42 bits per heavy atom. The standard InChI is InChI=1S/C32H29F3N4O5S/c33-32(34,35)30(41)44-31(23-6-3-5-20(16-23)19-8-9-19,39-24-10-13-26-21(17-24)14-15-37-28(26)36)29(40)38-18-22-4-1-2-7-27(22)45(42,43)25-11-12-25/h1-7,10,13-17,19,25,39H,8-9,11-12,18H2,(H2,36,37)(H,38,40). The van der Waals surface area contributed by atoms with Crippen LogP contribution in [0.3, 0.4) is 0 Å². The molecule has 2 fully saturated rings. The minimum Gasteiger partial charge on any atom is -0.418 e. The normalized spacial score (nSPS) is 16.5. The number of rotatable bonds is 10. The van der Waals surface area contributed by atoms with Gasteiger partial charge in [-0.2, -0.15) is 13.2 Å². The number of amides is 1. The molecule has 4 aromatic rings. The summed E-state index contributed by atoms with van der Waals surface area (Å²) in [6.07, 6.45) is -1.20. The first-order chi connectivity index (χ1) is 21.4. The quantitative estimate of drug-likeness (QED) is 0.157. The van der Waals surface area contributed by atoms with Crippen LogP contribution in [0, 0.1) is 0 Å². The molecule has 1 aromatic heterocycles. The maximum atomic E-state index is 14.2. The fourth-order valence-electron chi connectivity index (χ4n) is 5.28. The first-order valence-electron chi connectivity index (χ1n) is 14.3. The Morgan fingerprint density at radius 2 is 1.71 bits per heavy atom. The smallest absolute Gasteiger partial charge is 0.418 e. The molecule has 2 saturated carbocycles. The van der Waals surface area contributed by atoms with Crippen LogP contribution >= 0.6 is 0 Å². The molecule has 1 unspecified atom stereocenters. The molecule has 0 aliphatic heterocycles. The van der Waals surface area contributed by atoms with Crippen molar-refractivity contribution in [3.8, 4) is 0 Å². The molecule has 2 aliphatic rings. The number of pyridine rings is 1. The van der Waals surface area contributed by atoms with Crippen LogP contribution in [-0.4, -0.2) is 36.7 Å². The summed E-state index contributed by atoms with van der Waals surface area (Å²) in [7, 11) is -3.67. The van der Waals surface area contributed by atoms with Crippen molar-refractivity contribution in [2.45, 2.75) is 60.2 Å². The van der Waals surface area contributed by atoms with Crippen molar-refractivity contribution < 1.29 is 35.9 Å². The lowest BCUT2D eigenvalue weighted by atomic mass is 9.96. The monoisotopic (exact) mass is 638 g/mol. The summed E-state index contributed by atoms with van der Waals surface area (Å²) in [5, 5.41) is 5.95. The number of esters is 1. The number of halogens is 3. The number of hydrogen-bond acceptors (Lipinski definition) is 8. The zero-order chi connectivity index (χ0) is 32.0. The van der Waals surface area contributed by atoms with Gasteiger partial charge in [-0.25, -0.2) is 18.2 Å². The van der Waals surface area contributed by atoms with Crippen molar-refractivity contribution in [1.82, 2.24) is 10.3 Å². The van der Waals surface area contributed by atoms with Crippen LogP contribution in [0.1, 0.15) is 48.3 Å². The Balaban J connectivity index is 1.44. The fourth-order valence-corrected chi connectivity index (χ4v) is 7.17. The van der Waals surface area contributed by atoms with Crippen LogP contribution in [0.2, 0.25) is 0 Å². The average molecular weight is 639 g/mol. The zero-order valence-corrected chi connectivity index (χ0v) is 24.6. The van der Waals surface area contributed by atoms with Gasteiger partial charge in [0.05, 0.1) is 10.1 Å². The van der Waals surface area contributed by atoms with Gasteiger partial charge in [-0.05, 0) is 84.5 Å². The lowest BCUT2D eigenvalue weighted by Crippen LogP contribution is -2.54. The molecule has 13 heteroatoms. The highest BCUT2D eigenvalue weighted by atomic mass is 32.2. The molecule has 1 heterocycles. The molecule has 0 saturated heterocycles. The van der Waals surface area contributed by atoms with Crippen LogP contribution in [-0.2, 0) is 36.4 Å². The topological polar surface area (TPSA) is 140 Å². The number of ether oxygens (including phenoxy) is 1. The molecule has 3 aromatic carbocycles. The largest absolute Gasteiger partial charge is 0.491 e. The summed E-state index contributed by atoms with van der Waals surface area (Å²) in [4.78, 5) is 30.8. The van der Waals surface area contributed by atoms with Crippen LogP contribution in [0.5, 0.6) is 0 Å². The number of nitrogens with zero attached hydrogens (tertiary/aromatic N) is 1. The third-order valence-electron chi connectivity index (χ3n) is 7.94. The molecule has 6 rings (SSSR count). The predicted octanol–water partition coefficient (Wildman–Crippen LogP) is 5.32. The summed E-state index contributed by atoms with van der Waals surface area (Å²) in [6.45, 7) is -0.365. The van der Waals surface area contributed by atoms with Crippen molar-refractivity contribution in [2.75, 3.05) is 11.1 Å². The number of benzene rings is 3. The second kappa shape index (κ2) is 11.4. The van der Waals surface area contributed by atoms with E-state index in [1.807, 2.05) is 0 Å². The highest BCUT2D eigenvalue weighted by Gasteiger charge is 2.52. The Hall–Kier alpha value is -4.65. The molecule has 1 amide bonds. The lowest BCUT2D eigenvalue weighted by molar-refractivity contribution is -0.213. The van der Waals surface area contributed by atoms with Gasteiger partial charge in [-0.1, -0.05) is 36.4 Å². The number of fused-ring (bicyclic) bond motifs is 1. The maximum absolute atomic E-state index is 14.2. The van der Waals surface area contributed by atoms with Gasteiger partial charge in [0.25, 0.3) is 11.6 Å². The number of aromatic nitrogens is 1. The van der Waals surface area contributed by atoms with E-state index in [1.165, 1.54) is 30.5 Å². The number of nitrogen functional groups attached to an aromatic ring is 1. The third-order valence-corrected chi connectivity index (χ3v) is 10.3. The van der Waals surface area contributed by atoms with E-state index in [9.17, 15) is 31.2 Å². The van der Waals surface area contributed by atoms with Crippen LogP contribution < -0.4 is 16.4 Å². The molecule has 4 N–H and O–H groups in total. The van der Waals surface area contributed by atoms with Gasteiger partial charge in [-0.3, -0.25) is 4.79 Å². The number of sulfone groups is 1. The number of nitrogens with two attached hydrogens (primary N) is 1. The van der Waals surface area contributed by atoms with Crippen molar-refractivity contribution in [2.24, 2.45) is 0 Å². The van der Waals surface area contributed by atoms with Crippen LogP contribution in [0.4, 0.5) is 24.7 Å². The van der Waals surface area contributed by atoms with Crippen molar-refractivity contribution in [3.05, 3.63) is 95.7 Å². The molecular formula is C32H29F3N4O5S. The fraction of sp³-hybridized carbons (Fsp3) is 0.281. The Labute approximate surface area is 256 Å². The van der Waals surface area contributed by atoms with E-state index < -0.39 is 38.9 Å². The van der Waals surface area contributed by atoms with Crippen molar-refractivity contribution >= 4 is 44.0 Å². The molecule has 0 spiro atoms. The first-order valence-corrected chi connectivity index (χ1v) is 15.9. The maximum Gasteiger partial charge on any atom is 0.491 e. The Morgan fingerprint density at radius 1 is 0.956 bits per heavy atom. The van der Waals surface area contributed by atoms with Crippen molar-refractivity contribution in [1.29, 1.82) is 0 Å². The molecule has 0 radical (unpaired) electrons. The van der Waals surface area contributed by atoms with E-state index in [4.69, 9.17) is 10.5 Å². The van der Waals surface area contributed by atoms with Gasteiger partial charge in [-0.15, -0.1) is 0 Å². The number of alkyl halides is 3. The molecule has 45 heavy (non-hydrogen) atoms. The number of nitrogens with one attached hydrogen (secondary N) is 2. The summed E-state index contributed by atoms with van der Waals surface area (Å²) < 4.78 is 72.6. The van der Waals surface area contributed by atoms with Gasteiger partial charge >= 0.3 is 12.1 Å². The Kier molecular flexibility index (Phi) is 7.67. The van der Waals surface area contributed by atoms with E-state index >= 15 is 0 Å². The second-order valence-corrected chi connectivity index (χ2v) is 13.5. The summed E-state index contributed by atoms with van der Waals surface area (Å²) in [6, 6.07) is 18.6. The SMILES string of the molecule is Nc1nccc2cc(NC(OC(=O)C(F)(F)F)(C(=O)NCc3ccccc3S(=O)(=O)C3CC3)c3cccc(C4CC4)c3)ccc12. The van der Waals surface area contributed by atoms with Crippen molar-refractivity contribution in [3.63, 3.8) is 0 Å². The molecule has 9 nitrogen and oxygen atoms in total. The van der Waals surface area contributed by atoms with Gasteiger partial charge < -0.3 is 21.1 Å². The first kappa shape index (κ1) is 30.4. The van der Waals surface area contributed by atoms with Gasteiger partial charge in [0, 0.05) is 29.4 Å². The summed E-state index contributed by atoms with van der Waals surface area (Å²) >= 11 is 0. The number of anilines is 2. The Bertz CT molecular complexity index is 1910. The highest BCUT2D eigenvalue weighted by molar-refractivity contribution is 7.92. The predicted molar refractivity (Wildman–Crippen MR) is 161 cm³/mol. The number of carbonyl (C=O) groups is 2. The van der Waals surface area contributed by atoms with Crippen LogP contribution in [0.15, 0.2) is 83.9 Å². The average Bonchev–Trinajstić information content (AvgIpc) is 3.92. The van der Waals surface area contributed by atoms with E-state index in [0.717, 1.165) is 18.4 Å². The van der Waals surface area contributed by atoms with Gasteiger partial charge in [0.15, 0.2) is 9.84 Å². The van der Waals surface area contributed by atoms with Crippen LogP contribution in [0.25, 0.3) is 10.8 Å². The van der Waals surface area contributed by atoms with E-state index in [2.05, 4.69) is 15.6 Å². The third kappa shape index (κ3) is 6.17. The lowest BCUT2D eigenvalue weighted by Gasteiger charge is -2.34. The minimum atomic E-state index is -5.43. The molecular weight excluding hydrogens is 609 g/mol.